The van der Waals surface area contributed by atoms with Crippen molar-refractivity contribution in [3.8, 4) is 6.07 Å². The number of carboxylic acid groups (broad SMARTS) is 1. The van der Waals surface area contributed by atoms with Crippen LogP contribution in [0.3, 0.4) is 0 Å². The van der Waals surface area contributed by atoms with E-state index in [1.807, 2.05) is 0 Å². The summed E-state index contributed by atoms with van der Waals surface area (Å²) in [5.41, 5.74) is -2.12. The second kappa shape index (κ2) is 7.21. The first kappa shape index (κ1) is 19.5. The molecule has 1 aromatic rings. The number of rotatable bonds is 3. The number of urea groups is 1. The number of hydrogen-bond acceptors (Lipinski definition) is 4. The van der Waals surface area contributed by atoms with E-state index in [4.69, 9.17) is 10.4 Å². The van der Waals surface area contributed by atoms with Gasteiger partial charge in [0.1, 0.15) is 0 Å². The maximum Gasteiger partial charge on any atom is 0.418 e. The first-order valence-electron chi connectivity index (χ1n) is 7.73. The molecule has 0 aromatic heterocycles. The molecule has 3 N–H and O–H groups in total. The van der Waals surface area contributed by atoms with Crippen LogP contribution in [0.2, 0.25) is 0 Å². The molecule has 2 amide bonds. The largest absolute Gasteiger partial charge is 0.480 e. The van der Waals surface area contributed by atoms with E-state index in [0.29, 0.717) is 0 Å². The summed E-state index contributed by atoms with van der Waals surface area (Å²) in [5.74, 6) is -1.41. The van der Waals surface area contributed by atoms with E-state index in [9.17, 15) is 27.9 Å². The zero-order valence-corrected chi connectivity index (χ0v) is 13.7. The van der Waals surface area contributed by atoms with Crippen molar-refractivity contribution in [1.82, 2.24) is 4.90 Å². The van der Waals surface area contributed by atoms with Gasteiger partial charge in [-0.25, -0.2) is 9.59 Å². The molecule has 2 unspecified atom stereocenters. The Kier molecular flexibility index (Phi) is 5.41. The fourth-order valence-electron chi connectivity index (χ4n) is 3.04. The normalized spacial score (nSPS) is 19.9. The summed E-state index contributed by atoms with van der Waals surface area (Å²) in [6, 6.07) is 1.21. The molecule has 140 valence electrons. The van der Waals surface area contributed by atoms with Gasteiger partial charge in [0, 0.05) is 12.2 Å². The monoisotopic (exact) mass is 371 g/mol. The summed E-state index contributed by atoms with van der Waals surface area (Å²) in [6.45, 7) is 1.40. The van der Waals surface area contributed by atoms with E-state index in [1.165, 1.54) is 19.1 Å². The second-order valence-electron chi connectivity index (χ2n) is 5.74. The van der Waals surface area contributed by atoms with Gasteiger partial charge in [0.15, 0.2) is 6.04 Å². The average Bonchev–Trinajstić information content (AvgIpc) is 2.95. The van der Waals surface area contributed by atoms with Crippen molar-refractivity contribution in [3.63, 3.8) is 0 Å². The molecular weight excluding hydrogens is 355 g/mol. The molecule has 1 aliphatic rings. The maximum atomic E-state index is 13.3. The van der Waals surface area contributed by atoms with Crippen LogP contribution in [-0.4, -0.2) is 45.8 Å². The lowest BCUT2D eigenvalue weighted by atomic mass is 9.97. The van der Waals surface area contributed by atoms with Gasteiger partial charge in [0.2, 0.25) is 0 Å². The molecule has 1 aliphatic heterocycles. The van der Waals surface area contributed by atoms with Crippen LogP contribution >= 0.6 is 0 Å². The minimum Gasteiger partial charge on any atom is -0.480 e. The molecule has 0 radical (unpaired) electrons. The number of alkyl halides is 3. The van der Waals surface area contributed by atoms with Gasteiger partial charge in [-0.1, -0.05) is 6.92 Å². The molecule has 1 saturated heterocycles. The summed E-state index contributed by atoms with van der Waals surface area (Å²) in [6.07, 6.45) is -6.10. The van der Waals surface area contributed by atoms with Crippen LogP contribution in [0.4, 0.5) is 23.7 Å². The van der Waals surface area contributed by atoms with Crippen molar-refractivity contribution in [3.05, 3.63) is 28.8 Å². The average molecular weight is 371 g/mol. The SMILES string of the molecule is CCc1c(NC(=O)N2CCC(O)C2C(=O)O)ccc(C#N)c1C(F)(F)F. The number of likely N-dealkylation sites (tertiary alicyclic amines) is 1. The summed E-state index contributed by atoms with van der Waals surface area (Å²) < 4.78 is 40.0. The van der Waals surface area contributed by atoms with Crippen molar-refractivity contribution in [2.24, 2.45) is 0 Å². The van der Waals surface area contributed by atoms with E-state index in [1.54, 1.807) is 0 Å². The number of benzene rings is 1. The van der Waals surface area contributed by atoms with Gasteiger partial charge in [0.25, 0.3) is 0 Å². The molecule has 7 nitrogen and oxygen atoms in total. The van der Waals surface area contributed by atoms with Crippen molar-refractivity contribution in [2.45, 2.75) is 38.1 Å². The van der Waals surface area contributed by atoms with Gasteiger partial charge in [-0.15, -0.1) is 0 Å². The van der Waals surface area contributed by atoms with Gasteiger partial charge in [-0.2, -0.15) is 18.4 Å². The predicted octanol–water partition coefficient (Wildman–Crippen LogP) is 2.19. The van der Waals surface area contributed by atoms with Gasteiger partial charge in [-0.05, 0) is 30.5 Å². The lowest BCUT2D eigenvalue weighted by molar-refractivity contribution is -0.143. The summed E-state index contributed by atoms with van der Waals surface area (Å²) >= 11 is 0. The minimum atomic E-state index is -4.79. The highest BCUT2D eigenvalue weighted by molar-refractivity contribution is 5.94. The number of carboxylic acids is 1. The second-order valence-corrected chi connectivity index (χ2v) is 5.74. The Morgan fingerprint density at radius 1 is 1.42 bits per heavy atom. The molecule has 1 aromatic carbocycles. The number of amides is 2. The number of nitrogens with zero attached hydrogens (tertiary/aromatic N) is 2. The Bertz CT molecular complexity index is 773. The third-order valence-electron chi connectivity index (χ3n) is 4.19. The molecule has 1 heterocycles. The first-order valence-corrected chi connectivity index (χ1v) is 7.73. The van der Waals surface area contributed by atoms with Crippen LogP contribution in [0.25, 0.3) is 0 Å². The molecule has 10 heteroatoms. The maximum absolute atomic E-state index is 13.3. The van der Waals surface area contributed by atoms with Gasteiger partial charge >= 0.3 is 18.2 Å². The highest BCUT2D eigenvalue weighted by Gasteiger charge is 2.42. The predicted molar refractivity (Wildman–Crippen MR) is 83.3 cm³/mol. The van der Waals surface area contributed by atoms with Crippen LogP contribution in [0.15, 0.2) is 12.1 Å². The molecule has 0 bridgehead atoms. The number of nitrogens with one attached hydrogen (secondary N) is 1. The van der Waals surface area contributed by atoms with Crippen molar-refractivity contribution >= 4 is 17.7 Å². The quantitative estimate of drug-likeness (QED) is 0.754. The Labute approximate surface area is 146 Å². The molecule has 26 heavy (non-hydrogen) atoms. The number of aliphatic hydroxyl groups excluding tert-OH is 1. The zero-order valence-electron chi connectivity index (χ0n) is 13.7. The number of aliphatic carboxylic acids is 1. The molecule has 0 aliphatic carbocycles. The van der Waals surface area contributed by atoms with E-state index < -0.39 is 41.4 Å². The molecule has 2 atom stereocenters. The number of carbonyl (C=O) groups is 2. The third-order valence-corrected chi connectivity index (χ3v) is 4.19. The zero-order chi connectivity index (χ0) is 19.6. The Morgan fingerprint density at radius 2 is 2.08 bits per heavy atom. The third kappa shape index (κ3) is 3.57. The van der Waals surface area contributed by atoms with Crippen LogP contribution in [0.1, 0.15) is 30.0 Å². The Balaban J connectivity index is 2.40. The molecule has 1 fully saturated rings. The number of nitriles is 1. The van der Waals surface area contributed by atoms with E-state index in [-0.39, 0.29) is 30.6 Å². The molecule has 0 saturated carbocycles. The van der Waals surface area contributed by atoms with E-state index >= 15 is 0 Å². The minimum absolute atomic E-state index is 0.0478. The van der Waals surface area contributed by atoms with Gasteiger partial charge < -0.3 is 20.4 Å². The van der Waals surface area contributed by atoms with Gasteiger partial charge in [-0.3, -0.25) is 0 Å². The highest BCUT2D eigenvalue weighted by atomic mass is 19.4. The topological polar surface area (TPSA) is 114 Å². The highest BCUT2D eigenvalue weighted by Crippen LogP contribution is 2.38. The Morgan fingerprint density at radius 3 is 2.58 bits per heavy atom. The fraction of sp³-hybridized carbons (Fsp3) is 0.438. The lowest BCUT2D eigenvalue weighted by Gasteiger charge is -2.24. The first-order chi connectivity index (χ1) is 12.1. The van der Waals surface area contributed by atoms with Crippen LogP contribution in [0, 0.1) is 11.3 Å². The number of hydrogen-bond donors (Lipinski definition) is 3. The summed E-state index contributed by atoms with van der Waals surface area (Å²) in [7, 11) is 0. The number of halogens is 3. The van der Waals surface area contributed by atoms with Crippen molar-refractivity contribution < 1.29 is 33.0 Å². The summed E-state index contributed by atoms with van der Waals surface area (Å²) in [5, 5.41) is 30.0. The number of aliphatic hydroxyl groups is 1. The fourth-order valence-corrected chi connectivity index (χ4v) is 3.04. The standard InChI is InChI=1S/C16H16F3N3O4/c1-2-9-10(4-3-8(7-20)12(9)16(17,18)19)21-15(26)22-6-5-11(23)13(22)14(24)25/h3-4,11,13,23H,2,5-6H2,1H3,(H,21,26)(H,24,25). The number of carbonyl (C=O) groups excluding carboxylic acids is 1. The lowest BCUT2D eigenvalue weighted by Crippen LogP contribution is -2.46. The van der Waals surface area contributed by atoms with Crippen molar-refractivity contribution in [2.75, 3.05) is 11.9 Å². The van der Waals surface area contributed by atoms with Crippen LogP contribution < -0.4 is 5.32 Å². The number of anilines is 1. The molecule has 0 spiro atoms. The summed E-state index contributed by atoms with van der Waals surface area (Å²) in [4.78, 5) is 24.4. The van der Waals surface area contributed by atoms with Crippen LogP contribution in [-0.2, 0) is 17.4 Å². The van der Waals surface area contributed by atoms with Crippen LogP contribution in [0.5, 0.6) is 0 Å². The van der Waals surface area contributed by atoms with E-state index in [2.05, 4.69) is 5.32 Å². The molecule has 2 rings (SSSR count). The molecular formula is C16H16F3N3O4. The smallest absolute Gasteiger partial charge is 0.418 e. The Hall–Kier alpha value is -2.80. The van der Waals surface area contributed by atoms with E-state index in [0.717, 1.165) is 11.0 Å². The van der Waals surface area contributed by atoms with Crippen molar-refractivity contribution in [1.29, 1.82) is 5.26 Å². The van der Waals surface area contributed by atoms with Gasteiger partial charge in [0.05, 0.1) is 23.3 Å².